The second-order valence-corrected chi connectivity index (χ2v) is 6.90. The zero-order valence-corrected chi connectivity index (χ0v) is 15.8. The highest BCUT2D eigenvalue weighted by Crippen LogP contribution is 2.19. The Morgan fingerprint density at radius 3 is 2.74 bits per heavy atom. The number of hydrogen-bond acceptors (Lipinski definition) is 4. The van der Waals surface area contributed by atoms with Crippen molar-refractivity contribution in [2.45, 2.75) is 20.3 Å². The molecule has 6 nitrogen and oxygen atoms in total. The quantitative estimate of drug-likeness (QED) is 0.628. The van der Waals surface area contributed by atoms with Crippen molar-refractivity contribution in [2.24, 2.45) is 13.0 Å². The van der Waals surface area contributed by atoms with Crippen LogP contribution in [0.3, 0.4) is 0 Å². The Morgan fingerprint density at radius 2 is 2.04 bits per heavy atom. The summed E-state index contributed by atoms with van der Waals surface area (Å²) in [4.78, 5) is 25.3. The van der Waals surface area contributed by atoms with E-state index >= 15 is 0 Å². The van der Waals surface area contributed by atoms with Gasteiger partial charge in [0.15, 0.2) is 0 Å². The van der Waals surface area contributed by atoms with Gasteiger partial charge in [0.25, 0.3) is 0 Å². The molecule has 0 fully saturated rings. The first-order valence-electron chi connectivity index (χ1n) is 8.93. The molecule has 6 heteroatoms. The zero-order valence-electron chi connectivity index (χ0n) is 15.8. The Kier molecular flexibility index (Phi) is 5.54. The Morgan fingerprint density at radius 1 is 1.22 bits per heavy atom. The molecular formula is C21H23N3O3. The number of carbonyl (C=O) groups excluding carboxylic acids is 1. The smallest absolute Gasteiger partial charge is 0.338 e. The Hall–Kier alpha value is -3.15. The van der Waals surface area contributed by atoms with Gasteiger partial charge in [-0.15, -0.1) is 0 Å². The summed E-state index contributed by atoms with van der Waals surface area (Å²) >= 11 is 0. The SMILES string of the molecule is CC(C)CCOC(=O)c1cccc(-c2cn(C)cc(-n3cccn3)c2=O)c1. The number of ether oxygens (including phenoxy) is 1. The van der Waals surface area contributed by atoms with Crippen molar-refractivity contribution in [3.63, 3.8) is 0 Å². The monoisotopic (exact) mass is 365 g/mol. The number of aryl methyl sites for hydroxylation is 1. The first kappa shape index (κ1) is 18.6. The van der Waals surface area contributed by atoms with Crippen LogP contribution in [0.15, 0.2) is 59.9 Å². The van der Waals surface area contributed by atoms with E-state index in [2.05, 4.69) is 18.9 Å². The molecule has 0 atom stereocenters. The predicted octanol–water partition coefficient (Wildman–Crippen LogP) is 3.44. The average molecular weight is 365 g/mol. The number of carbonyl (C=O) groups is 1. The fourth-order valence-corrected chi connectivity index (χ4v) is 2.75. The molecule has 140 valence electrons. The molecule has 2 aromatic heterocycles. The lowest BCUT2D eigenvalue weighted by atomic mass is 10.0. The van der Waals surface area contributed by atoms with Gasteiger partial charge >= 0.3 is 5.97 Å². The fourth-order valence-electron chi connectivity index (χ4n) is 2.75. The van der Waals surface area contributed by atoms with Gasteiger partial charge in [-0.05, 0) is 36.1 Å². The summed E-state index contributed by atoms with van der Waals surface area (Å²) in [7, 11) is 1.85. The van der Waals surface area contributed by atoms with E-state index in [-0.39, 0.29) is 11.4 Å². The maximum Gasteiger partial charge on any atom is 0.338 e. The molecule has 0 aliphatic carbocycles. The van der Waals surface area contributed by atoms with E-state index in [1.807, 2.05) is 13.1 Å². The predicted molar refractivity (Wildman–Crippen MR) is 104 cm³/mol. The van der Waals surface area contributed by atoms with Gasteiger partial charge in [0, 0.05) is 37.4 Å². The van der Waals surface area contributed by atoms with Crippen LogP contribution in [-0.4, -0.2) is 26.9 Å². The molecule has 3 aromatic rings. The molecule has 0 saturated heterocycles. The average Bonchev–Trinajstić information content (AvgIpc) is 3.17. The topological polar surface area (TPSA) is 66.1 Å². The van der Waals surface area contributed by atoms with Crippen molar-refractivity contribution in [3.8, 4) is 16.8 Å². The molecule has 0 amide bonds. The van der Waals surface area contributed by atoms with Gasteiger partial charge < -0.3 is 9.30 Å². The first-order valence-corrected chi connectivity index (χ1v) is 8.93. The maximum atomic E-state index is 13.0. The molecule has 0 bridgehead atoms. The minimum absolute atomic E-state index is 0.151. The number of nitrogens with zero attached hydrogens (tertiary/aromatic N) is 3. The van der Waals surface area contributed by atoms with E-state index in [1.165, 1.54) is 4.68 Å². The van der Waals surface area contributed by atoms with Crippen molar-refractivity contribution in [1.29, 1.82) is 0 Å². The largest absolute Gasteiger partial charge is 0.462 e. The highest BCUT2D eigenvalue weighted by molar-refractivity contribution is 5.91. The number of rotatable bonds is 6. The molecule has 0 saturated carbocycles. The number of aromatic nitrogens is 3. The van der Waals surface area contributed by atoms with Crippen LogP contribution in [0.1, 0.15) is 30.6 Å². The molecule has 0 N–H and O–H groups in total. The Labute approximate surface area is 158 Å². The summed E-state index contributed by atoms with van der Waals surface area (Å²) in [5, 5.41) is 4.15. The number of esters is 1. The van der Waals surface area contributed by atoms with E-state index in [0.29, 0.717) is 34.9 Å². The summed E-state index contributed by atoms with van der Waals surface area (Å²) in [5.41, 5.74) is 1.90. The van der Waals surface area contributed by atoms with Gasteiger partial charge in [-0.25, -0.2) is 9.48 Å². The van der Waals surface area contributed by atoms with Crippen molar-refractivity contribution in [2.75, 3.05) is 6.61 Å². The van der Waals surface area contributed by atoms with Crippen molar-refractivity contribution >= 4 is 5.97 Å². The lowest BCUT2D eigenvalue weighted by Gasteiger charge is -2.10. The zero-order chi connectivity index (χ0) is 19.4. The van der Waals surface area contributed by atoms with Gasteiger partial charge in [0.2, 0.25) is 5.43 Å². The van der Waals surface area contributed by atoms with Crippen LogP contribution in [0.5, 0.6) is 0 Å². The summed E-state index contributed by atoms with van der Waals surface area (Å²) in [6.07, 6.45) is 7.64. The third-order valence-corrected chi connectivity index (χ3v) is 4.22. The molecule has 0 aliphatic heterocycles. The van der Waals surface area contributed by atoms with Gasteiger partial charge in [0.05, 0.1) is 12.2 Å². The number of benzene rings is 1. The Balaban J connectivity index is 1.94. The normalized spacial score (nSPS) is 11.0. The van der Waals surface area contributed by atoms with Crippen LogP contribution in [0.2, 0.25) is 0 Å². The summed E-state index contributed by atoms with van der Waals surface area (Å²) in [5.74, 6) is 0.0924. The van der Waals surface area contributed by atoms with Gasteiger partial charge in [-0.3, -0.25) is 4.79 Å². The molecule has 0 unspecified atom stereocenters. The van der Waals surface area contributed by atoms with Crippen LogP contribution >= 0.6 is 0 Å². The van der Waals surface area contributed by atoms with Crippen LogP contribution in [0.4, 0.5) is 0 Å². The lowest BCUT2D eigenvalue weighted by Crippen LogP contribution is -2.17. The van der Waals surface area contributed by atoms with Crippen LogP contribution in [0, 0.1) is 5.92 Å². The summed E-state index contributed by atoms with van der Waals surface area (Å²) in [6, 6.07) is 8.73. The fraction of sp³-hybridized carbons (Fsp3) is 0.286. The number of pyridine rings is 1. The van der Waals surface area contributed by atoms with Crippen LogP contribution in [0.25, 0.3) is 16.8 Å². The minimum atomic E-state index is -0.377. The third kappa shape index (κ3) is 4.34. The lowest BCUT2D eigenvalue weighted by molar-refractivity contribution is 0.0488. The molecule has 0 spiro atoms. The standard InChI is InChI=1S/C21H23N3O3/c1-15(2)8-11-27-21(26)17-7-4-6-16(12-17)18-13-23(3)14-19(20(18)25)24-10-5-9-22-24/h4-7,9-10,12-15H,8,11H2,1-3H3. The van der Waals surface area contributed by atoms with Gasteiger partial charge in [-0.2, -0.15) is 5.10 Å². The second-order valence-electron chi connectivity index (χ2n) is 6.90. The molecular weight excluding hydrogens is 342 g/mol. The van der Waals surface area contributed by atoms with E-state index in [9.17, 15) is 9.59 Å². The molecule has 2 heterocycles. The summed E-state index contributed by atoms with van der Waals surface area (Å²) < 4.78 is 8.67. The number of hydrogen-bond donors (Lipinski definition) is 0. The highest BCUT2D eigenvalue weighted by Gasteiger charge is 2.14. The van der Waals surface area contributed by atoms with E-state index in [1.54, 1.807) is 53.6 Å². The highest BCUT2D eigenvalue weighted by atomic mass is 16.5. The molecule has 0 radical (unpaired) electrons. The van der Waals surface area contributed by atoms with E-state index < -0.39 is 0 Å². The van der Waals surface area contributed by atoms with Crippen molar-refractivity contribution in [1.82, 2.24) is 14.3 Å². The van der Waals surface area contributed by atoms with Crippen molar-refractivity contribution in [3.05, 3.63) is 70.9 Å². The minimum Gasteiger partial charge on any atom is -0.462 e. The van der Waals surface area contributed by atoms with E-state index in [4.69, 9.17) is 4.74 Å². The molecule has 3 rings (SSSR count). The molecule has 1 aromatic carbocycles. The third-order valence-electron chi connectivity index (χ3n) is 4.22. The first-order chi connectivity index (χ1) is 13.0. The van der Waals surface area contributed by atoms with Crippen LogP contribution < -0.4 is 5.43 Å². The molecule has 27 heavy (non-hydrogen) atoms. The maximum absolute atomic E-state index is 13.0. The van der Waals surface area contributed by atoms with Crippen molar-refractivity contribution < 1.29 is 9.53 Å². The Bertz CT molecular complexity index is 988. The summed E-state index contributed by atoms with van der Waals surface area (Å²) in [6.45, 7) is 4.55. The van der Waals surface area contributed by atoms with Gasteiger partial charge in [0.1, 0.15) is 5.69 Å². The van der Waals surface area contributed by atoms with Crippen LogP contribution in [-0.2, 0) is 11.8 Å². The molecule has 0 aliphatic rings. The second kappa shape index (κ2) is 8.03. The van der Waals surface area contributed by atoms with E-state index in [0.717, 1.165) is 6.42 Å². The van der Waals surface area contributed by atoms with Gasteiger partial charge in [-0.1, -0.05) is 26.0 Å².